The summed E-state index contributed by atoms with van der Waals surface area (Å²) in [6.07, 6.45) is 1.68. The van der Waals surface area contributed by atoms with Crippen molar-refractivity contribution in [2.24, 2.45) is 0 Å². The van der Waals surface area contributed by atoms with Crippen molar-refractivity contribution in [3.05, 3.63) is 46.8 Å². The molecule has 1 aromatic carbocycles. The van der Waals surface area contributed by atoms with Crippen LogP contribution in [0.15, 0.2) is 18.2 Å². The number of benzene rings is 1. The highest BCUT2D eigenvalue weighted by molar-refractivity contribution is 5.94. The van der Waals surface area contributed by atoms with Crippen LogP contribution in [0.5, 0.6) is 0 Å². The largest absolute Gasteiger partial charge is 0.339 e. The second-order valence-electron chi connectivity index (χ2n) is 6.85. The fraction of sp³-hybridized carbons (Fsp3) is 0.500. The molecular formula is C18H22FN5O. The quantitative estimate of drug-likeness (QED) is 0.904. The summed E-state index contributed by atoms with van der Waals surface area (Å²) in [7, 11) is 0. The lowest BCUT2D eigenvalue weighted by atomic mass is 9.95. The number of aromatic nitrogens is 3. The van der Waals surface area contributed by atoms with Gasteiger partial charge in [-0.1, -0.05) is 11.6 Å². The van der Waals surface area contributed by atoms with E-state index in [0.29, 0.717) is 19.0 Å². The first-order chi connectivity index (χ1) is 12.1. The minimum atomic E-state index is -0.447. The number of amides is 1. The average molecular weight is 343 g/mol. The van der Waals surface area contributed by atoms with E-state index in [1.54, 1.807) is 17.0 Å². The zero-order valence-electron chi connectivity index (χ0n) is 14.3. The molecule has 132 valence electrons. The number of carbonyl (C=O) groups is 1. The molecule has 25 heavy (non-hydrogen) atoms. The molecule has 1 amide bonds. The monoisotopic (exact) mass is 343 g/mol. The molecule has 0 bridgehead atoms. The average Bonchev–Trinajstić information content (AvgIpc) is 3.07. The van der Waals surface area contributed by atoms with Crippen LogP contribution in [0.3, 0.4) is 0 Å². The second kappa shape index (κ2) is 6.55. The van der Waals surface area contributed by atoms with Gasteiger partial charge in [0, 0.05) is 32.1 Å². The van der Waals surface area contributed by atoms with E-state index in [2.05, 4.69) is 20.1 Å². The Bertz CT molecular complexity index is 795. The van der Waals surface area contributed by atoms with E-state index in [4.69, 9.17) is 0 Å². The van der Waals surface area contributed by atoms with Crippen LogP contribution in [0.25, 0.3) is 0 Å². The molecule has 0 unspecified atom stereocenters. The first-order valence-corrected chi connectivity index (χ1v) is 8.81. The van der Waals surface area contributed by atoms with Crippen LogP contribution in [-0.4, -0.2) is 45.2 Å². The van der Waals surface area contributed by atoms with Crippen molar-refractivity contribution in [2.75, 3.05) is 19.6 Å². The fourth-order valence-electron chi connectivity index (χ4n) is 3.73. The van der Waals surface area contributed by atoms with Crippen LogP contribution in [0, 0.1) is 12.7 Å². The van der Waals surface area contributed by atoms with Crippen LogP contribution in [-0.2, 0) is 13.1 Å². The molecule has 2 aromatic rings. The van der Waals surface area contributed by atoms with E-state index in [9.17, 15) is 9.18 Å². The minimum Gasteiger partial charge on any atom is -0.339 e. The predicted octanol–water partition coefficient (Wildman–Crippen LogP) is 1.85. The van der Waals surface area contributed by atoms with Crippen molar-refractivity contribution in [3.63, 3.8) is 0 Å². The molecule has 1 fully saturated rings. The van der Waals surface area contributed by atoms with E-state index >= 15 is 0 Å². The molecule has 3 heterocycles. The Balaban J connectivity index is 1.45. The Morgan fingerprint density at radius 2 is 2.04 bits per heavy atom. The summed E-state index contributed by atoms with van der Waals surface area (Å²) in [6.45, 7) is 5.70. The Hall–Kier alpha value is -2.28. The van der Waals surface area contributed by atoms with Gasteiger partial charge in [-0.25, -0.2) is 4.39 Å². The molecule has 0 atom stereocenters. The molecule has 0 radical (unpaired) electrons. The standard InChI is InChI=1S/C18H22FN5O/c1-12-2-3-15(19)14(10-12)18(25)23-7-4-13(5-8-23)17-22-21-16-11-20-6-9-24(16)17/h2-3,10,13,20H,4-9,11H2,1H3. The number of nitrogens with zero attached hydrogens (tertiary/aromatic N) is 4. The van der Waals surface area contributed by atoms with Gasteiger partial charge >= 0.3 is 0 Å². The molecule has 1 N–H and O–H groups in total. The predicted molar refractivity (Wildman–Crippen MR) is 90.7 cm³/mol. The molecule has 1 saturated heterocycles. The molecule has 7 heteroatoms. The third kappa shape index (κ3) is 3.04. The first-order valence-electron chi connectivity index (χ1n) is 8.81. The lowest BCUT2D eigenvalue weighted by Gasteiger charge is -2.32. The number of hydrogen-bond acceptors (Lipinski definition) is 4. The number of hydrogen-bond donors (Lipinski definition) is 1. The molecule has 4 rings (SSSR count). The highest BCUT2D eigenvalue weighted by Gasteiger charge is 2.29. The molecular weight excluding hydrogens is 321 g/mol. The number of nitrogens with one attached hydrogen (secondary N) is 1. The highest BCUT2D eigenvalue weighted by atomic mass is 19.1. The molecule has 6 nitrogen and oxygen atoms in total. The van der Waals surface area contributed by atoms with Crippen molar-refractivity contribution >= 4 is 5.91 Å². The minimum absolute atomic E-state index is 0.171. The molecule has 2 aliphatic heterocycles. The Morgan fingerprint density at radius 3 is 2.84 bits per heavy atom. The number of rotatable bonds is 2. The lowest BCUT2D eigenvalue weighted by Crippen LogP contribution is -2.39. The van der Waals surface area contributed by atoms with Gasteiger partial charge in [-0.2, -0.15) is 0 Å². The van der Waals surface area contributed by atoms with Gasteiger partial charge in [-0.15, -0.1) is 10.2 Å². The molecule has 0 spiro atoms. The lowest BCUT2D eigenvalue weighted by molar-refractivity contribution is 0.0705. The maximum atomic E-state index is 14.0. The molecule has 0 aliphatic carbocycles. The highest BCUT2D eigenvalue weighted by Crippen LogP contribution is 2.28. The molecule has 0 saturated carbocycles. The number of likely N-dealkylation sites (tertiary alicyclic amines) is 1. The van der Waals surface area contributed by atoms with Crippen LogP contribution < -0.4 is 5.32 Å². The zero-order chi connectivity index (χ0) is 17.4. The van der Waals surface area contributed by atoms with E-state index in [-0.39, 0.29) is 11.5 Å². The summed E-state index contributed by atoms with van der Waals surface area (Å²) in [5.74, 6) is 1.67. The van der Waals surface area contributed by atoms with E-state index < -0.39 is 5.82 Å². The maximum absolute atomic E-state index is 14.0. The summed E-state index contributed by atoms with van der Waals surface area (Å²) < 4.78 is 16.2. The van der Waals surface area contributed by atoms with E-state index in [1.165, 1.54) is 6.07 Å². The molecule has 1 aromatic heterocycles. The van der Waals surface area contributed by atoms with Gasteiger partial charge in [-0.3, -0.25) is 4.79 Å². The Morgan fingerprint density at radius 1 is 1.24 bits per heavy atom. The number of aryl methyl sites for hydroxylation is 1. The van der Waals surface area contributed by atoms with Crippen molar-refractivity contribution in [3.8, 4) is 0 Å². The van der Waals surface area contributed by atoms with Gasteiger partial charge in [0.25, 0.3) is 5.91 Å². The summed E-state index contributed by atoms with van der Waals surface area (Å²) in [6, 6.07) is 4.68. The fourth-order valence-corrected chi connectivity index (χ4v) is 3.73. The van der Waals surface area contributed by atoms with Crippen molar-refractivity contribution in [2.45, 2.75) is 38.8 Å². The van der Waals surface area contributed by atoms with Gasteiger partial charge in [-0.05, 0) is 31.9 Å². The smallest absolute Gasteiger partial charge is 0.256 e. The van der Waals surface area contributed by atoms with Crippen molar-refractivity contribution in [1.82, 2.24) is 25.0 Å². The topological polar surface area (TPSA) is 63.1 Å². The SMILES string of the molecule is Cc1ccc(F)c(C(=O)N2CCC(c3nnc4n3CCNC4)CC2)c1. The van der Waals surface area contributed by atoms with Crippen LogP contribution in [0.1, 0.15) is 46.3 Å². The number of halogens is 1. The summed E-state index contributed by atoms with van der Waals surface area (Å²) >= 11 is 0. The van der Waals surface area contributed by atoms with Crippen LogP contribution in [0.2, 0.25) is 0 Å². The second-order valence-corrected chi connectivity index (χ2v) is 6.85. The third-order valence-electron chi connectivity index (χ3n) is 5.15. The third-order valence-corrected chi connectivity index (χ3v) is 5.15. The number of piperidine rings is 1. The van der Waals surface area contributed by atoms with E-state index in [0.717, 1.165) is 49.7 Å². The van der Waals surface area contributed by atoms with Gasteiger partial charge in [0.1, 0.15) is 17.5 Å². The zero-order valence-corrected chi connectivity index (χ0v) is 14.3. The van der Waals surface area contributed by atoms with Crippen LogP contribution in [0.4, 0.5) is 4.39 Å². The van der Waals surface area contributed by atoms with Gasteiger partial charge in [0.15, 0.2) is 0 Å². The van der Waals surface area contributed by atoms with Gasteiger partial charge in [0.05, 0.1) is 12.1 Å². The van der Waals surface area contributed by atoms with E-state index in [1.807, 2.05) is 6.92 Å². The summed E-state index contributed by atoms with van der Waals surface area (Å²) in [4.78, 5) is 14.4. The Labute approximate surface area is 146 Å². The van der Waals surface area contributed by atoms with Gasteiger partial charge < -0.3 is 14.8 Å². The summed E-state index contributed by atoms with van der Waals surface area (Å²) in [5, 5.41) is 12.0. The first kappa shape index (κ1) is 16.2. The van der Waals surface area contributed by atoms with Crippen molar-refractivity contribution < 1.29 is 9.18 Å². The molecule has 2 aliphatic rings. The van der Waals surface area contributed by atoms with Gasteiger partial charge in [0.2, 0.25) is 0 Å². The number of fused-ring (bicyclic) bond motifs is 1. The Kier molecular flexibility index (Phi) is 4.25. The van der Waals surface area contributed by atoms with Crippen LogP contribution >= 0.6 is 0 Å². The maximum Gasteiger partial charge on any atom is 0.256 e. The summed E-state index contributed by atoms with van der Waals surface area (Å²) in [5.41, 5.74) is 1.06. The normalized spacial score (nSPS) is 18.2. The van der Waals surface area contributed by atoms with Crippen molar-refractivity contribution in [1.29, 1.82) is 0 Å². The number of carbonyl (C=O) groups excluding carboxylic acids is 1.